The van der Waals surface area contributed by atoms with E-state index in [2.05, 4.69) is 15.4 Å². The minimum Gasteiger partial charge on any atom is -0.454 e. The van der Waals surface area contributed by atoms with Crippen molar-refractivity contribution in [2.75, 3.05) is 19.1 Å². The van der Waals surface area contributed by atoms with Crippen molar-refractivity contribution in [1.82, 2.24) is 20.1 Å². The molecule has 21 heavy (non-hydrogen) atoms. The second-order valence-corrected chi connectivity index (χ2v) is 4.63. The lowest BCUT2D eigenvalue weighted by Crippen LogP contribution is -2.26. The summed E-state index contributed by atoms with van der Waals surface area (Å²) in [6.07, 6.45) is 2.17. The monoisotopic (exact) mass is 289 g/mol. The number of rotatable bonds is 4. The third-order valence-electron chi connectivity index (χ3n) is 3.07. The molecule has 0 atom stereocenters. The molecule has 1 amide bonds. The van der Waals surface area contributed by atoms with Gasteiger partial charge in [-0.3, -0.25) is 9.48 Å². The van der Waals surface area contributed by atoms with Crippen molar-refractivity contribution in [2.45, 2.75) is 6.42 Å². The van der Waals surface area contributed by atoms with E-state index in [4.69, 9.17) is 15.2 Å². The predicted molar refractivity (Wildman–Crippen MR) is 74.0 cm³/mol. The molecule has 0 bridgehead atoms. The fourth-order valence-corrected chi connectivity index (χ4v) is 2.04. The highest BCUT2D eigenvalue weighted by Gasteiger charge is 2.19. The fraction of sp³-hybridized carbons (Fsp3) is 0.308. The Morgan fingerprint density at radius 3 is 2.90 bits per heavy atom. The van der Waals surface area contributed by atoms with Crippen LogP contribution in [0.3, 0.4) is 0 Å². The van der Waals surface area contributed by atoms with Gasteiger partial charge in [0, 0.05) is 31.8 Å². The Morgan fingerprint density at radius 2 is 2.19 bits per heavy atom. The minimum absolute atomic E-state index is 0.144. The third-order valence-corrected chi connectivity index (χ3v) is 3.07. The second kappa shape index (κ2) is 5.31. The number of nitrogens with two attached hydrogens (primary N) is 1. The van der Waals surface area contributed by atoms with Crippen molar-refractivity contribution in [3.63, 3.8) is 0 Å². The summed E-state index contributed by atoms with van der Waals surface area (Å²) in [5.41, 5.74) is 6.58. The summed E-state index contributed by atoms with van der Waals surface area (Å²) in [6, 6.07) is 3.18. The van der Waals surface area contributed by atoms with Crippen LogP contribution in [0, 0.1) is 0 Å². The van der Waals surface area contributed by atoms with Gasteiger partial charge in [-0.15, -0.1) is 0 Å². The maximum Gasteiger partial charge on any atom is 0.253 e. The van der Waals surface area contributed by atoms with Crippen molar-refractivity contribution in [2.24, 2.45) is 7.05 Å². The summed E-state index contributed by atoms with van der Waals surface area (Å²) < 4.78 is 12.1. The lowest BCUT2D eigenvalue weighted by molar-refractivity contribution is 0.0954. The van der Waals surface area contributed by atoms with Gasteiger partial charge in [-0.25, -0.2) is 4.98 Å². The van der Waals surface area contributed by atoms with Crippen molar-refractivity contribution >= 4 is 11.6 Å². The Kier molecular flexibility index (Phi) is 3.35. The van der Waals surface area contributed by atoms with E-state index in [9.17, 15) is 4.79 Å². The third kappa shape index (κ3) is 2.73. The van der Waals surface area contributed by atoms with Crippen LogP contribution in [0.15, 0.2) is 18.5 Å². The Hall–Kier alpha value is -2.77. The number of carbonyl (C=O) groups is 1. The van der Waals surface area contributed by atoms with Crippen LogP contribution < -0.4 is 20.5 Å². The molecule has 2 heterocycles. The van der Waals surface area contributed by atoms with Gasteiger partial charge in [0.05, 0.1) is 5.56 Å². The van der Waals surface area contributed by atoms with Crippen LogP contribution in [-0.4, -0.2) is 34.0 Å². The largest absolute Gasteiger partial charge is 0.454 e. The Bertz CT molecular complexity index is 682. The standard InChI is InChI=1S/C13H15N5O3/c1-18-6-16-12(17-18)2-3-15-13(19)8-4-10-11(5-9(8)14)21-7-20-10/h4-6H,2-3,7,14H2,1H3,(H,15,19). The van der Waals surface area contributed by atoms with Crippen LogP contribution in [0.25, 0.3) is 0 Å². The van der Waals surface area contributed by atoms with Crippen LogP contribution in [0.4, 0.5) is 5.69 Å². The lowest BCUT2D eigenvalue weighted by atomic mass is 10.1. The summed E-state index contributed by atoms with van der Waals surface area (Å²) >= 11 is 0. The maximum atomic E-state index is 12.1. The first kappa shape index (κ1) is 13.2. The van der Waals surface area contributed by atoms with E-state index in [0.717, 1.165) is 0 Å². The number of nitrogens with one attached hydrogen (secondary N) is 1. The van der Waals surface area contributed by atoms with Gasteiger partial charge in [0.2, 0.25) is 6.79 Å². The number of aryl methyl sites for hydroxylation is 1. The minimum atomic E-state index is -0.262. The average molecular weight is 289 g/mol. The zero-order valence-electron chi connectivity index (χ0n) is 11.5. The van der Waals surface area contributed by atoms with Crippen LogP contribution >= 0.6 is 0 Å². The highest BCUT2D eigenvalue weighted by molar-refractivity contribution is 6.00. The lowest BCUT2D eigenvalue weighted by Gasteiger charge is -2.08. The molecule has 0 aliphatic carbocycles. The van der Waals surface area contributed by atoms with Gasteiger partial charge in [-0.2, -0.15) is 5.10 Å². The number of amides is 1. The summed E-state index contributed by atoms with van der Waals surface area (Å²) in [6.45, 7) is 0.571. The summed E-state index contributed by atoms with van der Waals surface area (Å²) in [7, 11) is 1.79. The number of nitrogens with zero attached hydrogens (tertiary/aromatic N) is 3. The van der Waals surface area contributed by atoms with E-state index < -0.39 is 0 Å². The van der Waals surface area contributed by atoms with E-state index in [1.54, 1.807) is 30.2 Å². The molecule has 8 heteroatoms. The van der Waals surface area contributed by atoms with E-state index in [1.165, 1.54) is 0 Å². The van der Waals surface area contributed by atoms with E-state index in [1.807, 2.05) is 0 Å². The molecule has 0 saturated heterocycles. The van der Waals surface area contributed by atoms with Gasteiger partial charge in [-0.05, 0) is 6.07 Å². The second-order valence-electron chi connectivity index (χ2n) is 4.63. The molecule has 1 aromatic heterocycles. The number of carbonyl (C=O) groups excluding carboxylic acids is 1. The van der Waals surface area contributed by atoms with Crippen molar-refractivity contribution in [1.29, 1.82) is 0 Å². The number of fused-ring (bicyclic) bond motifs is 1. The van der Waals surface area contributed by atoms with Crippen molar-refractivity contribution in [3.8, 4) is 11.5 Å². The number of nitrogen functional groups attached to an aromatic ring is 1. The van der Waals surface area contributed by atoms with Gasteiger partial charge < -0.3 is 20.5 Å². The molecule has 2 aromatic rings. The van der Waals surface area contributed by atoms with Gasteiger partial charge in [0.15, 0.2) is 17.3 Å². The van der Waals surface area contributed by atoms with Crippen LogP contribution in [0.2, 0.25) is 0 Å². The van der Waals surface area contributed by atoms with Crippen molar-refractivity contribution < 1.29 is 14.3 Å². The smallest absolute Gasteiger partial charge is 0.253 e. The molecule has 0 unspecified atom stereocenters. The SMILES string of the molecule is Cn1cnc(CCNC(=O)c2cc3c(cc2N)OCO3)n1. The van der Waals surface area contributed by atoms with Gasteiger partial charge in [-0.1, -0.05) is 0 Å². The number of ether oxygens (including phenoxy) is 2. The van der Waals surface area contributed by atoms with E-state index in [-0.39, 0.29) is 12.7 Å². The normalized spacial score (nSPS) is 12.4. The topological polar surface area (TPSA) is 104 Å². The van der Waals surface area contributed by atoms with Gasteiger partial charge in [0.1, 0.15) is 6.33 Å². The van der Waals surface area contributed by atoms with Crippen LogP contribution in [-0.2, 0) is 13.5 Å². The number of hydrogen-bond acceptors (Lipinski definition) is 6. The van der Waals surface area contributed by atoms with Crippen LogP contribution in [0.5, 0.6) is 11.5 Å². The Balaban J connectivity index is 1.63. The quantitative estimate of drug-likeness (QED) is 0.773. The molecular weight excluding hydrogens is 274 g/mol. The molecule has 1 aromatic carbocycles. The molecule has 0 saturated carbocycles. The molecule has 0 spiro atoms. The molecule has 0 fully saturated rings. The highest BCUT2D eigenvalue weighted by Crippen LogP contribution is 2.35. The molecule has 0 radical (unpaired) electrons. The fourth-order valence-electron chi connectivity index (χ4n) is 2.04. The summed E-state index contributed by atoms with van der Waals surface area (Å²) in [5, 5.41) is 6.92. The number of hydrogen-bond donors (Lipinski definition) is 2. The molecule has 8 nitrogen and oxygen atoms in total. The number of benzene rings is 1. The maximum absolute atomic E-state index is 12.1. The zero-order valence-corrected chi connectivity index (χ0v) is 11.5. The zero-order chi connectivity index (χ0) is 14.8. The highest BCUT2D eigenvalue weighted by atomic mass is 16.7. The first-order chi connectivity index (χ1) is 10.1. The predicted octanol–water partition coefficient (Wildman–Crippen LogP) is 0.0985. The molecule has 3 rings (SSSR count). The first-order valence-electron chi connectivity index (χ1n) is 6.45. The Morgan fingerprint density at radius 1 is 1.43 bits per heavy atom. The first-order valence-corrected chi connectivity index (χ1v) is 6.45. The van der Waals surface area contributed by atoms with Crippen LogP contribution in [0.1, 0.15) is 16.2 Å². The molecular formula is C13H15N5O3. The summed E-state index contributed by atoms with van der Waals surface area (Å²) in [4.78, 5) is 16.2. The van der Waals surface area contributed by atoms with Gasteiger partial charge >= 0.3 is 0 Å². The molecule has 110 valence electrons. The Labute approximate surface area is 120 Å². The van der Waals surface area contributed by atoms with Gasteiger partial charge in [0.25, 0.3) is 5.91 Å². The summed E-state index contributed by atoms with van der Waals surface area (Å²) in [5.74, 6) is 1.50. The van der Waals surface area contributed by atoms with Crippen molar-refractivity contribution in [3.05, 3.63) is 29.8 Å². The molecule has 1 aliphatic rings. The van der Waals surface area contributed by atoms with E-state index >= 15 is 0 Å². The number of anilines is 1. The van der Waals surface area contributed by atoms with E-state index in [0.29, 0.717) is 41.5 Å². The molecule has 1 aliphatic heterocycles. The molecule has 3 N–H and O–H groups in total. The number of aromatic nitrogens is 3. The average Bonchev–Trinajstić information content (AvgIpc) is 3.06.